The quantitative estimate of drug-likeness (QED) is 0.556. The van der Waals surface area contributed by atoms with Gasteiger partial charge in [0.2, 0.25) is 5.91 Å². The Kier molecular flexibility index (Phi) is 5.50. The fraction of sp³-hybridized carbons (Fsp3) is 0.211. The van der Waals surface area contributed by atoms with E-state index < -0.39 is 18.0 Å². The van der Waals surface area contributed by atoms with E-state index in [4.69, 9.17) is 14.8 Å². The number of aryl methyl sites for hydroxylation is 1. The molecule has 142 valence electrons. The van der Waals surface area contributed by atoms with Gasteiger partial charge in [-0.3, -0.25) is 9.78 Å². The molecule has 0 aliphatic heterocycles. The number of pyridine rings is 1. The van der Waals surface area contributed by atoms with Crippen molar-refractivity contribution < 1.29 is 19.1 Å². The number of hydrogen-bond acceptors (Lipinski definition) is 6. The Hall–Kier alpha value is -3.93. The van der Waals surface area contributed by atoms with Crippen molar-refractivity contribution in [2.45, 2.75) is 19.4 Å². The highest BCUT2D eigenvalue weighted by Gasteiger charge is 2.23. The molecule has 3 rings (SSSR count). The van der Waals surface area contributed by atoms with Gasteiger partial charge in [0.05, 0.1) is 12.5 Å². The molecule has 0 bridgehead atoms. The van der Waals surface area contributed by atoms with E-state index in [1.807, 2.05) is 31.2 Å². The Bertz CT molecular complexity index is 1070. The number of rotatable bonds is 6. The van der Waals surface area contributed by atoms with Crippen molar-refractivity contribution in [3.63, 3.8) is 0 Å². The number of nitrogens with one attached hydrogen (secondary N) is 2. The maximum Gasteiger partial charge on any atom is 0.405 e. The lowest BCUT2D eigenvalue weighted by Gasteiger charge is -2.13. The first-order chi connectivity index (χ1) is 13.5. The number of fused-ring (bicyclic) bond motifs is 1. The topological polar surface area (TPSA) is 141 Å². The molecular formula is C19H17N5O4. The monoisotopic (exact) mass is 379 g/mol. The van der Waals surface area contributed by atoms with Crippen LogP contribution in [0.15, 0.2) is 40.9 Å². The molecule has 9 heteroatoms. The summed E-state index contributed by atoms with van der Waals surface area (Å²) in [5.41, 5.74) is 3.91. The lowest BCUT2D eigenvalue weighted by molar-refractivity contribution is -0.122. The highest BCUT2D eigenvalue weighted by Crippen LogP contribution is 2.25. The van der Waals surface area contributed by atoms with Gasteiger partial charge in [-0.2, -0.15) is 5.26 Å². The summed E-state index contributed by atoms with van der Waals surface area (Å²) in [6.07, 6.45) is 0.286. The van der Waals surface area contributed by atoms with E-state index in [1.165, 1.54) is 0 Å². The van der Waals surface area contributed by atoms with E-state index in [0.29, 0.717) is 11.1 Å². The molecule has 9 nitrogen and oxygen atoms in total. The number of carbonyl (C=O) groups is 2. The number of carboxylic acid groups (broad SMARTS) is 1. The number of nitrogens with zero attached hydrogens (tertiary/aromatic N) is 3. The van der Waals surface area contributed by atoms with Crippen molar-refractivity contribution in [1.29, 1.82) is 5.26 Å². The lowest BCUT2D eigenvalue weighted by Crippen LogP contribution is -2.47. The van der Waals surface area contributed by atoms with Crippen molar-refractivity contribution in [1.82, 2.24) is 20.6 Å². The third-order valence-corrected chi connectivity index (χ3v) is 4.00. The number of nitriles is 1. The van der Waals surface area contributed by atoms with Gasteiger partial charge in [0.25, 0.3) is 0 Å². The summed E-state index contributed by atoms with van der Waals surface area (Å²) in [4.78, 5) is 31.5. The van der Waals surface area contributed by atoms with Gasteiger partial charge in [0.1, 0.15) is 18.1 Å². The zero-order valence-corrected chi connectivity index (χ0v) is 15.0. The van der Waals surface area contributed by atoms with Gasteiger partial charge in [-0.05, 0) is 42.3 Å². The van der Waals surface area contributed by atoms with Gasteiger partial charge in [0.15, 0.2) is 11.5 Å². The second-order valence-electron chi connectivity index (χ2n) is 6.06. The third kappa shape index (κ3) is 4.42. The first-order valence-corrected chi connectivity index (χ1v) is 8.43. The first kappa shape index (κ1) is 18.8. The molecule has 2 heterocycles. The van der Waals surface area contributed by atoms with Gasteiger partial charge >= 0.3 is 6.09 Å². The number of oxazole rings is 1. The van der Waals surface area contributed by atoms with Gasteiger partial charge in [-0.15, -0.1) is 0 Å². The minimum absolute atomic E-state index is 0.0814. The maximum atomic E-state index is 12.1. The van der Waals surface area contributed by atoms with Crippen LogP contribution in [0.5, 0.6) is 0 Å². The molecule has 0 aliphatic rings. The molecule has 28 heavy (non-hydrogen) atoms. The standard InChI is InChI=1S/C19H17N5O4/c1-11-8-13(4-6-21-11)12-2-3-14-16(9-12)28-17(23-14)10-15(24-19(26)27)18(25)22-7-5-20/h2-4,6,8-9,15,24H,7,10H2,1H3,(H,22,25)(H,26,27). The largest absolute Gasteiger partial charge is 0.465 e. The molecule has 0 fully saturated rings. The van der Waals surface area contributed by atoms with Crippen LogP contribution in [0.3, 0.4) is 0 Å². The van der Waals surface area contributed by atoms with Crippen molar-refractivity contribution in [3.8, 4) is 17.2 Å². The molecule has 1 atom stereocenters. The van der Waals surface area contributed by atoms with E-state index in [0.717, 1.165) is 16.8 Å². The zero-order valence-electron chi connectivity index (χ0n) is 15.0. The number of carbonyl (C=O) groups excluding carboxylic acids is 1. The van der Waals surface area contributed by atoms with Crippen LogP contribution < -0.4 is 10.6 Å². The minimum atomic E-state index is -1.36. The highest BCUT2D eigenvalue weighted by atomic mass is 16.4. The number of amides is 2. The number of hydrogen-bond donors (Lipinski definition) is 3. The predicted octanol–water partition coefficient (Wildman–Crippen LogP) is 2.02. The van der Waals surface area contributed by atoms with E-state index in [2.05, 4.69) is 20.6 Å². The van der Waals surface area contributed by atoms with Crippen LogP contribution >= 0.6 is 0 Å². The molecule has 2 amide bonds. The Labute approximate surface area is 160 Å². The third-order valence-electron chi connectivity index (χ3n) is 4.00. The molecule has 1 unspecified atom stereocenters. The summed E-state index contributed by atoms with van der Waals surface area (Å²) in [5, 5.41) is 22.0. The molecule has 2 aromatic heterocycles. The van der Waals surface area contributed by atoms with Crippen LogP contribution in [-0.4, -0.2) is 39.7 Å². The molecule has 0 aliphatic carbocycles. The molecule has 3 aromatic rings. The Morgan fingerprint density at radius 2 is 2.07 bits per heavy atom. The molecule has 0 saturated carbocycles. The van der Waals surface area contributed by atoms with Crippen LogP contribution in [0.2, 0.25) is 0 Å². The van der Waals surface area contributed by atoms with Crippen molar-refractivity contribution >= 4 is 23.1 Å². The normalized spacial score (nSPS) is 11.6. The summed E-state index contributed by atoms with van der Waals surface area (Å²) in [6, 6.07) is 10.0. The van der Waals surface area contributed by atoms with Crippen LogP contribution in [-0.2, 0) is 11.2 Å². The van der Waals surface area contributed by atoms with Crippen molar-refractivity contribution in [3.05, 3.63) is 48.1 Å². The summed E-state index contributed by atoms with van der Waals surface area (Å²) < 4.78 is 5.72. The minimum Gasteiger partial charge on any atom is -0.465 e. The molecule has 0 saturated heterocycles. The van der Waals surface area contributed by atoms with Gasteiger partial charge in [0, 0.05) is 11.9 Å². The van der Waals surface area contributed by atoms with Gasteiger partial charge in [-0.1, -0.05) is 6.07 Å². The van der Waals surface area contributed by atoms with Crippen LogP contribution in [0.4, 0.5) is 4.79 Å². The second-order valence-corrected chi connectivity index (χ2v) is 6.06. The smallest absolute Gasteiger partial charge is 0.405 e. The van der Waals surface area contributed by atoms with Crippen molar-refractivity contribution in [2.24, 2.45) is 0 Å². The Morgan fingerprint density at radius 1 is 1.29 bits per heavy atom. The molecule has 3 N–H and O–H groups in total. The molecular weight excluding hydrogens is 362 g/mol. The van der Waals surface area contributed by atoms with E-state index in [9.17, 15) is 9.59 Å². The Balaban J connectivity index is 1.85. The zero-order chi connectivity index (χ0) is 20.1. The number of aromatic nitrogens is 2. The first-order valence-electron chi connectivity index (χ1n) is 8.43. The summed E-state index contributed by atoms with van der Waals surface area (Å²) in [5.74, 6) is -0.414. The van der Waals surface area contributed by atoms with Crippen molar-refractivity contribution in [2.75, 3.05) is 6.54 Å². The van der Waals surface area contributed by atoms with E-state index >= 15 is 0 Å². The van der Waals surface area contributed by atoms with E-state index in [1.54, 1.807) is 18.3 Å². The summed E-state index contributed by atoms with van der Waals surface area (Å²) >= 11 is 0. The lowest BCUT2D eigenvalue weighted by atomic mass is 10.1. The number of benzene rings is 1. The van der Waals surface area contributed by atoms with Crippen LogP contribution in [0, 0.1) is 18.3 Å². The summed E-state index contributed by atoms with van der Waals surface area (Å²) in [6.45, 7) is 1.68. The average molecular weight is 379 g/mol. The summed E-state index contributed by atoms with van der Waals surface area (Å²) in [7, 11) is 0. The van der Waals surface area contributed by atoms with Crippen LogP contribution in [0.25, 0.3) is 22.2 Å². The fourth-order valence-corrected chi connectivity index (χ4v) is 2.75. The average Bonchev–Trinajstić information content (AvgIpc) is 3.06. The van der Waals surface area contributed by atoms with E-state index in [-0.39, 0.29) is 18.9 Å². The Morgan fingerprint density at radius 3 is 2.79 bits per heavy atom. The van der Waals surface area contributed by atoms with Gasteiger partial charge in [-0.25, -0.2) is 9.78 Å². The fourth-order valence-electron chi connectivity index (χ4n) is 2.75. The van der Waals surface area contributed by atoms with Crippen LogP contribution in [0.1, 0.15) is 11.6 Å². The second kappa shape index (κ2) is 8.18. The highest BCUT2D eigenvalue weighted by molar-refractivity contribution is 5.86. The molecule has 0 radical (unpaired) electrons. The molecule has 1 aromatic carbocycles. The maximum absolute atomic E-state index is 12.1. The molecule has 0 spiro atoms. The van der Waals surface area contributed by atoms with Gasteiger partial charge < -0.3 is 20.2 Å². The predicted molar refractivity (Wildman–Crippen MR) is 99.3 cm³/mol. The SMILES string of the molecule is Cc1cc(-c2ccc3nc(CC(NC(=O)O)C(=O)NCC#N)oc3c2)ccn1.